The molecule has 160 valence electrons. The van der Waals surface area contributed by atoms with E-state index in [0.29, 0.717) is 30.0 Å². The van der Waals surface area contributed by atoms with Crippen molar-refractivity contribution in [2.45, 2.75) is 43.4 Å². The summed E-state index contributed by atoms with van der Waals surface area (Å²) in [6.45, 7) is 6.88. The number of rotatable bonds is 4. The molecular formula is C21H25N3O4S2. The SMILES string of the molecule is Cc1cc2ncn(S(=O)(=O)c3ccc(S(=O)(=O)N4CCCC(C)C4)cc3)c2cc1C. The molecule has 1 aliphatic rings. The highest BCUT2D eigenvalue weighted by atomic mass is 32.2. The van der Waals surface area contributed by atoms with E-state index in [0.717, 1.165) is 27.9 Å². The van der Waals surface area contributed by atoms with Gasteiger partial charge in [0.25, 0.3) is 10.0 Å². The molecular weight excluding hydrogens is 422 g/mol. The van der Waals surface area contributed by atoms with Crippen LogP contribution in [-0.2, 0) is 20.0 Å². The first-order valence-electron chi connectivity index (χ1n) is 9.91. The third-order valence-electron chi connectivity index (χ3n) is 5.77. The van der Waals surface area contributed by atoms with Gasteiger partial charge in [0.05, 0.1) is 20.8 Å². The van der Waals surface area contributed by atoms with Gasteiger partial charge in [-0.3, -0.25) is 0 Å². The van der Waals surface area contributed by atoms with Crippen molar-refractivity contribution in [2.75, 3.05) is 13.1 Å². The summed E-state index contributed by atoms with van der Waals surface area (Å²) in [6.07, 6.45) is 3.14. The fourth-order valence-corrected chi connectivity index (χ4v) is 6.73. The topological polar surface area (TPSA) is 89.3 Å². The van der Waals surface area contributed by atoms with E-state index in [2.05, 4.69) is 4.98 Å². The Hall–Kier alpha value is -2.23. The summed E-state index contributed by atoms with van der Waals surface area (Å²) in [5, 5.41) is 0. The lowest BCUT2D eigenvalue weighted by molar-refractivity contribution is 0.281. The van der Waals surface area contributed by atoms with Gasteiger partial charge < -0.3 is 0 Å². The standard InChI is InChI=1S/C21H25N3O4S2/c1-15-5-4-10-23(13-15)29(25,26)18-6-8-19(9-7-18)30(27,28)24-14-22-20-11-16(2)17(3)12-21(20)24/h6-9,11-12,14-15H,4-5,10,13H2,1-3H3. The van der Waals surface area contributed by atoms with E-state index in [9.17, 15) is 16.8 Å². The molecule has 1 saturated heterocycles. The molecule has 3 aromatic rings. The number of aromatic nitrogens is 2. The lowest BCUT2D eigenvalue weighted by Crippen LogP contribution is -2.39. The minimum Gasteiger partial charge on any atom is -0.236 e. The van der Waals surface area contributed by atoms with Crippen molar-refractivity contribution in [3.63, 3.8) is 0 Å². The highest BCUT2D eigenvalue weighted by Crippen LogP contribution is 2.26. The first-order valence-corrected chi connectivity index (χ1v) is 12.8. The van der Waals surface area contributed by atoms with Gasteiger partial charge in [-0.05, 0) is 80.1 Å². The van der Waals surface area contributed by atoms with Gasteiger partial charge in [0, 0.05) is 13.1 Å². The summed E-state index contributed by atoms with van der Waals surface area (Å²) < 4.78 is 54.8. The van der Waals surface area contributed by atoms with Gasteiger partial charge in [-0.2, -0.15) is 4.31 Å². The number of imidazole rings is 1. The summed E-state index contributed by atoms with van der Waals surface area (Å²) in [7, 11) is -7.54. The maximum atomic E-state index is 13.2. The van der Waals surface area contributed by atoms with Crippen LogP contribution in [0, 0.1) is 19.8 Å². The van der Waals surface area contributed by atoms with Gasteiger partial charge >= 0.3 is 0 Å². The van der Waals surface area contributed by atoms with Crippen LogP contribution in [0.1, 0.15) is 30.9 Å². The van der Waals surface area contributed by atoms with E-state index in [4.69, 9.17) is 0 Å². The molecule has 4 rings (SSSR count). The summed E-state index contributed by atoms with van der Waals surface area (Å²) in [6, 6.07) is 9.09. The normalized spacial score (nSPS) is 18.7. The van der Waals surface area contributed by atoms with Crippen LogP contribution < -0.4 is 0 Å². The Labute approximate surface area is 177 Å². The second-order valence-electron chi connectivity index (χ2n) is 8.05. The molecule has 0 saturated carbocycles. The van der Waals surface area contributed by atoms with Crippen molar-refractivity contribution in [2.24, 2.45) is 5.92 Å². The Balaban J connectivity index is 1.69. The van der Waals surface area contributed by atoms with Crippen LogP contribution in [0.15, 0.2) is 52.5 Å². The highest BCUT2D eigenvalue weighted by Gasteiger charge is 2.29. The zero-order chi connectivity index (χ0) is 21.7. The van der Waals surface area contributed by atoms with E-state index < -0.39 is 20.0 Å². The highest BCUT2D eigenvalue weighted by molar-refractivity contribution is 7.90. The smallest absolute Gasteiger partial charge is 0.236 e. The minimum atomic E-state index is -3.90. The molecule has 1 unspecified atom stereocenters. The van der Waals surface area contributed by atoms with Gasteiger partial charge in [0.1, 0.15) is 6.33 Å². The van der Waals surface area contributed by atoms with Crippen LogP contribution in [0.2, 0.25) is 0 Å². The Bertz CT molecular complexity index is 1310. The molecule has 0 N–H and O–H groups in total. The number of hydrogen-bond donors (Lipinski definition) is 0. The molecule has 1 fully saturated rings. The van der Waals surface area contributed by atoms with Crippen molar-refractivity contribution in [1.29, 1.82) is 0 Å². The number of sulfonamides is 1. The zero-order valence-electron chi connectivity index (χ0n) is 17.2. The van der Waals surface area contributed by atoms with E-state index in [1.54, 1.807) is 6.07 Å². The van der Waals surface area contributed by atoms with Gasteiger partial charge in [-0.25, -0.2) is 25.8 Å². The molecule has 1 aliphatic heterocycles. The first kappa shape index (κ1) is 21.0. The summed E-state index contributed by atoms with van der Waals surface area (Å²) in [5.41, 5.74) is 3.10. The Morgan fingerprint density at radius 1 is 0.933 bits per heavy atom. The number of aryl methyl sites for hydroxylation is 2. The molecule has 7 nitrogen and oxygen atoms in total. The summed E-state index contributed by atoms with van der Waals surface area (Å²) >= 11 is 0. The van der Waals surface area contributed by atoms with Crippen molar-refractivity contribution < 1.29 is 16.8 Å². The Morgan fingerprint density at radius 3 is 2.17 bits per heavy atom. The second-order valence-corrected chi connectivity index (χ2v) is 11.8. The largest absolute Gasteiger partial charge is 0.269 e. The third kappa shape index (κ3) is 3.55. The quantitative estimate of drug-likeness (QED) is 0.612. The lowest BCUT2D eigenvalue weighted by atomic mass is 10.0. The monoisotopic (exact) mass is 447 g/mol. The molecule has 0 radical (unpaired) electrons. The van der Waals surface area contributed by atoms with Gasteiger partial charge in [-0.15, -0.1) is 0 Å². The average molecular weight is 448 g/mol. The van der Waals surface area contributed by atoms with Gasteiger partial charge in [-0.1, -0.05) is 6.92 Å². The van der Waals surface area contributed by atoms with Crippen LogP contribution in [0.5, 0.6) is 0 Å². The second kappa shape index (κ2) is 7.47. The molecule has 9 heteroatoms. The number of hydrogen-bond acceptors (Lipinski definition) is 5. The molecule has 0 amide bonds. The van der Waals surface area contributed by atoms with Gasteiger partial charge in [0.15, 0.2) is 0 Å². The zero-order valence-corrected chi connectivity index (χ0v) is 18.9. The average Bonchev–Trinajstić information content (AvgIpc) is 3.11. The number of piperidine rings is 1. The fraction of sp³-hybridized carbons (Fsp3) is 0.381. The van der Waals surface area contributed by atoms with Crippen molar-refractivity contribution in [3.8, 4) is 0 Å². The maximum absolute atomic E-state index is 13.2. The summed E-state index contributed by atoms with van der Waals surface area (Å²) in [4.78, 5) is 4.35. The Morgan fingerprint density at radius 2 is 1.53 bits per heavy atom. The van der Waals surface area contributed by atoms with Crippen LogP contribution in [-0.4, -0.2) is 43.2 Å². The minimum absolute atomic E-state index is 0.0194. The van der Waals surface area contributed by atoms with Crippen molar-refractivity contribution in [1.82, 2.24) is 13.3 Å². The van der Waals surface area contributed by atoms with Crippen molar-refractivity contribution >= 4 is 31.1 Å². The van der Waals surface area contributed by atoms with E-state index in [1.807, 2.05) is 26.8 Å². The van der Waals surface area contributed by atoms with Crippen LogP contribution in [0.3, 0.4) is 0 Å². The van der Waals surface area contributed by atoms with Crippen molar-refractivity contribution in [3.05, 3.63) is 53.9 Å². The molecule has 2 heterocycles. The molecule has 1 atom stereocenters. The molecule has 0 spiro atoms. The predicted molar refractivity (Wildman–Crippen MR) is 115 cm³/mol. The Kier molecular flexibility index (Phi) is 5.24. The molecule has 0 bridgehead atoms. The maximum Gasteiger partial charge on any atom is 0.269 e. The molecule has 1 aromatic heterocycles. The van der Waals surface area contributed by atoms with Crippen LogP contribution in [0.25, 0.3) is 11.0 Å². The lowest BCUT2D eigenvalue weighted by Gasteiger charge is -2.30. The van der Waals surface area contributed by atoms with E-state index in [1.165, 1.54) is 34.9 Å². The van der Waals surface area contributed by atoms with Crippen LogP contribution >= 0.6 is 0 Å². The van der Waals surface area contributed by atoms with Gasteiger partial charge in [0.2, 0.25) is 10.0 Å². The number of fused-ring (bicyclic) bond motifs is 1. The number of benzene rings is 2. The summed E-state index contributed by atoms with van der Waals surface area (Å²) in [5.74, 6) is 0.315. The predicted octanol–water partition coefficient (Wildman–Crippen LogP) is 3.31. The van der Waals surface area contributed by atoms with Crippen LogP contribution in [0.4, 0.5) is 0 Å². The molecule has 0 aliphatic carbocycles. The number of nitrogens with zero attached hydrogens (tertiary/aromatic N) is 3. The van der Waals surface area contributed by atoms with E-state index in [-0.39, 0.29) is 9.79 Å². The first-order chi connectivity index (χ1) is 14.1. The molecule has 2 aromatic carbocycles. The molecule has 30 heavy (non-hydrogen) atoms. The third-order valence-corrected chi connectivity index (χ3v) is 9.32. The fourth-order valence-electron chi connectivity index (χ4n) is 3.84. The van der Waals surface area contributed by atoms with E-state index >= 15 is 0 Å².